The van der Waals surface area contributed by atoms with Gasteiger partial charge in [0.15, 0.2) is 11.5 Å². The van der Waals surface area contributed by atoms with E-state index in [9.17, 15) is 9.90 Å². The second-order valence-corrected chi connectivity index (χ2v) is 8.14. The van der Waals surface area contributed by atoms with Gasteiger partial charge in [-0.15, -0.1) is 0 Å². The second kappa shape index (κ2) is 9.46. The van der Waals surface area contributed by atoms with Crippen LogP contribution in [0, 0.1) is 0 Å². The van der Waals surface area contributed by atoms with Crippen molar-refractivity contribution in [3.8, 4) is 28.6 Å². The van der Waals surface area contributed by atoms with Crippen LogP contribution in [0.15, 0.2) is 83.0 Å². The van der Waals surface area contributed by atoms with Gasteiger partial charge >= 0.3 is 6.03 Å². The first-order chi connectivity index (χ1) is 17.5. The molecule has 9 nitrogen and oxygen atoms in total. The summed E-state index contributed by atoms with van der Waals surface area (Å²) in [5, 5.41) is 17.6. The molecule has 1 unspecified atom stereocenters. The lowest BCUT2D eigenvalue weighted by atomic mass is 9.94. The molecular weight excluding hydrogens is 460 g/mol. The number of urea groups is 1. The molecule has 2 heterocycles. The fourth-order valence-electron chi connectivity index (χ4n) is 4.23. The molecular formula is C27H24N4O5. The van der Waals surface area contributed by atoms with Crippen molar-refractivity contribution in [2.24, 2.45) is 0 Å². The molecule has 0 aliphatic carbocycles. The standard InChI is InChI=1S/C27H24N4O5/c1-16-23(26-29-25(30-36-26)17-9-12-20(34-2)13-10-17)24(18-11-14-22(35-3)21(32)15-18)28-27(33)31(16)19-7-5-4-6-8-19/h4-15,24,32H,1-3H3,(H,28,33). The number of allylic oxidation sites excluding steroid dienone is 1. The maximum absolute atomic E-state index is 13.3. The van der Waals surface area contributed by atoms with Crippen LogP contribution < -0.4 is 19.7 Å². The number of rotatable bonds is 6. The largest absolute Gasteiger partial charge is 0.504 e. The molecule has 0 saturated heterocycles. The maximum atomic E-state index is 13.3. The molecule has 0 fully saturated rings. The summed E-state index contributed by atoms with van der Waals surface area (Å²) in [6, 6.07) is 20.6. The molecule has 1 atom stereocenters. The quantitative estimate of drug-likeness (QED) is 0.389. The second-order valence-electron chi connectivity index (χ2n) is 8.14. The lowest BCUT2D eigenvalue weighted by Gasteiger charge is -2.35. The van der Waals surface area contributed by atoms with Gasteiger partial charge in [-0.2, -0.15) is 4.98 Å². The number of aromatic nitrogens is 2. The van der Waals surface area contributed by atoms with E-state index in [0.717, 1.165) is 5.56 Å². The molecule has 9 heteroatoms. The third kappa shape index (κ3) is 4.11. The van der Waals surface area contributed by atoms with Gasteiger partial charge in [0.05, 0.1) is 31.5 Å². The van der Waals surface area contributed by atoms with E-state index in [0.29, 0.717) is 39.8 Å². The maximum Gasteiger partial charge on any atom is 0.326 e. The summed E-state index contributed by atoms with van der Waals surface area (Å²) in [6.45, 7) is 1.83. The van der Waals surface area contributed by atoms with Crippen molar-refractivity contribution in [1.29, 1.82) is 0 Å². The molecule has 0 bridgehead atoms. The molecule has 0 saturated carbocycles. The van der Waals surface area contributed by atoms with Crippen LogP contribution in [0.2, 0.25) is 0 Å². The number of nitrogens with one attached hydrogen (secondary N) is 1. The topological polar surface area (TPSA) is 110 Å². The van der Waals surface area contributed by atoms with Crippen molar-refractivity contribution in [1.82, 2.24) is 15.5 Å². The first-order valence-corrected chi connectivity index (χ1v) is 11.2. The molecule has 2 N–H and O–H groups in total. The molecule has 1 aliphatic heterocycles. The average molecular weight is 485 g/mol. The van der Waals surface area contributed by atoms with E-state index in [1.54, 1.807) is 30.2 Å². The molecule has 5 rings (SSSR count). The minimum absolute atomic E-state index is 0.0452. The molecule has 0 spiro atoms. The number of carbonyl (C=O) groups is 1. The minimum Gasteiger partial charge on any atom is -0.504 e. The van der Waals surface area contributed by atoms with Crippen LogP contribution >= 0.6 is 0 Å². The Morgan fingerprint density at radius 3 is 2.42 bits per heavy atom. The summed E-state index contributed by atoms with van der Waals surface area (Å²) in [6.07, 6.45) is 0. The van der Waals surface area contributed by atoms with Crippen molar-refractivity contribution in [3.05, 3.63) is 89.9 Å². The predicted octanol–water partition coefficient (Wildman–Crippen LogP) is 5.16. The Bertz CT molecular complexity index is 1430. The van der Waals surface area contributed by atoms with E-state index in [-0.39, 0.29) is 17.7 Å². The van der Waals surface area contributed by atoms with Crippen LogP contribution in [-0.2, 0) is 0 Å². The lowest BCUT2D eigenvalue weighted by Crippen LogP contribution is -2.46. The van der Waals surface area contributed by atoms with Crippen LogP contribution in [0.4, 0.5) is 10.5 Å². The minimum atomic E-state index is -0.654. The number of anilines is 1. The Balaban J connectivity index is 1.63. The Kier molecular flexibility index (Phi) is 6.03. The van der Waals surface area contributed by atoms with E-state index in [1.165, 1.54) is 7.11 Å². The summed E-state index contributed by atoms with van der Waals surface area (Å²) < 4.78 is 16.1. The Morgan fingerprint density at radius 2 is 1.75 bits per heavy atom. The molecule has 36 heavy (non-hydrogen) atoms. The monoisotopic (exact) mass is 484 g/mol. The molecule has 4 aromatic rings. The van der Waals surface area contributed by atoms with Crippen LogP contribution in [-0.4, -0.2) is 35.5 Å². The number of benzene rings is 3. The van der Waals surface area contributed by atoms with E-state index in [1.807, 2.05) is 61.5 Å². The van der Waals surface area contributed by atoms with Crippen LogP contribution in [0.3, 0.4) is 0 Å². The Morgan fingerprint density at radius 1 is 1.00 bits per heavy atom. The van der Waals surface area contributed by atoms with Gasteiger partial charge in [-0.1, -0.05) is 29.4 Å². The number of amides is 2. The van der Waals surface area contributed by atoms with Crippen molar-refractivity contribution in [2.75, 3.05) is 19.1 Å². The molecule has 2 amide bonds. The van der Waals surface area contributed by atoms with Gasteiger partial charge < -0.3 is 24.4 Å². The van der Waals surface area contributed by atoms with E-state index in [2.05, 4.69) is 15.5 Å². The third-order valence-electron chi connectivity index (χ3n) is 6.04. The van der Waals surface area contributed by atoms with Gasteiger partial charge in [0.25, 0.3) is 5.89 Å². The van der Waals surface area contributed by atoms with Crippen LogP contribution in [0.5, 0.6) is 17.2 Å². The molecule has 182 valence electrons. The number of hydrogen-bond donors (Lipinski definition) is 2. The Hall–Kier alpha value is -4.79. The number of phenols is 1. The first kappa shape index (κ1) is 23.0. The average Bonchev–Trinajstić information content (AvgIpc) is 3.38. The number of aromatic hydroxyl groups is 1. The molecule has 1 aromatic heterocycles. The zero-order valence-corrected chi connectivity index (χ0v) is 19.9. The fraction of sp³-hybridized carbons (Fsp3) is 0.148. The number of ether oxygens (including phenoxy) is 2. The number of nitrogens with zero attached hydrogens (tertiary/aromatic N) is 3. The number of para-hydroxylation sites is 1. The van der Waals surface area contributed by atoms with Crippen molar-refractivity contribution >= 4 is 17.3 Å². The fourth-order valence-corrected chi connectivity index (χ4v) is 4.23. The number of methoxy groups -OCH3 is 2. The van der Waals surface area contributed by atoms with E-state index < -0.39 is 6.04 Å². The van der Waals surface area contributed by atoms with Crippen LogP contribution in [0.25, 0.3) is 17.0 Å². The first-order valence-electron chi connectivity index (χ1n) is 11.2. The molecule has 0 radical (unpaired) electrons. The van der Waals surface area contributed by atoms with Gasteiger partial charge in [0, 0.05) is 11.3 Å². The van der Waals surface area contributed by atoms with Crippen LogP contribution in [0.1, 0.15) is 24.4 Å². The number of carbonyl (C=O) groups excluding carboxylic acids is 1. The molecule has 3 aromatic carbocycles. The van der Waals surface area contributed by atoms with Crippen molar-refractivity contribution in [2.45, 2.75) is 13.0 Å². The van der Waals surface area contributed by atoms with Gasteiger partial charge in [-0.3, -0.25) is 4.90 Å². The predicted molar refractivity (Wildman–Crippen MR) is 134 cm³/mol. The lowest BCUT2D eigenvalue weighted by molar-refractivity contribution is 0.244. The Labute approximate surface area is 207 Å². The van der Waals surface area contributed by atoms with Gasteiger partial charge in [-0.25, -0.2) is 4.79 Å². The zero-order valence-electron chi connectivity index (χ0n) is 19.9. The smallest absolute Gasteiger partial charge is 0.326 e. The highest BCUT2D eigenvalue weighted by Gasteiger charge is 2.36. The zero-order chi connectivity index (χ0) is 25.2. The van der Waals surface area contributed by atoms with E-state index >= 15 is 0 Å². The van der Waals surface area contributed by atoms with Gasteiger partial charge in [0.2, 0.25) is 5.82 Å². The van der Waals surface area contributed by atoms with Gasteiger partial charge in [-0.05, 0) is 61.0 Å². The SMILES string of the molecule is COc1ccc(-c2noc(C3=C(C)N(c4ccccc4)C(=O)NC3c3ccc(OC)c(O)c3)n2)cc1. The van der Waals surface area contributed by atoms with Crippen molar-refractivity contribution < 1.29 is 23.9 Å². The summed E-state index contributed by atoms with van der Waals surface area (Å²) in [4.78, 5) is 19.5. The van der Waals surface area contributed by atoms with Gasteiger partial charge in [0.1, 0.15) is 5.75 Å². The number of hydrogen-bond acceptors (Lipinski definition) is 7. The van der Waals surface area contributed by atoms with E-state index in [4.69, 9.17) is 14.0 Å². The highest BCUT2D eigenvalue weighted by molar-refractivity contribution is 6.01. The number of phenolic OH excluding ortho intramolecular Hbond substituents is 1. The summed E-state index contributed by atoms with van der Waals surface area (Å²) in [5.74, 6) is 1.64. The third-order valence-corrected chi connectivity index (χ3v) is 6.04. The summed E-state index contributed by atoms with van der Waals surface area (Å²) >= 11 is 0. The highest BCUT2D eigenvalue weighted by Crippen LogP contribution is 2.41. The summed E-state index contributed by atoms with van der Waals surface area (Å²) in [7, 11) is 3.08. The molecule has 1 aliphatic rings. The normalized spacial score (nSPS) is 15.6. The summed E-state index contributed by atoms with van der Waals surface area (Å²) in [5.41, 5.74) is 3.30. The van der Waals surface area contributed by atoms with Crippen molar-refractivity contribution in [3.63, 3.8) is 0 Å². The highest BCUT2D eigenvalue weighted by atomic mass is 16.5.